The number of benzene rings is 1. The average Bonchev–Trinajstić information content (AvgIpc) is 2.37. The van der Waals surface area contributed by atoms with E-state index in [9.17, 15) is 4.79 Å². The molecule has 0 radical (unpaired) electrons. The normalized spacial score (nSPS) is 12.2. The first kappa shape index (κ1) is 16.1. The Labute approximate surface area is 120 Å². The summed E-state index contributed by atoms with van der Waals surface area (Å²) in [5.74, 6) is 0.472. The molecule has 0 fully saturated rings. The Balaban J connectivity index is 3.07. The van der Waals surface area contributed by atoms with Crippen molar-refractivity contribution in [3.63, 3.8) is 0 Å². The number of carbonyl (C=O) groups excluding carboxylic acids is 1. The highest BCUT2D eigenvalue weighted by atomic mass is 16.5. The summed E-state index contributed by atoms with van der Waals surface area (Å²) in [5, 5.41) is 0. The Kier molecular flexibility index (Phi) is 5.62. The van der Waals surface area contributed by atoms with E-state index >= 15 is 0 Å². The Bertz CT molecular complexity index is 519. The average molecular weight is 276 g/mol. The number of hydrogen-bond acceptors (Lipinski definition) is 3. The number of aryl methyl sites for hydroxylation is 1. The topological polar surface area (TPSA) is 78.3 Å². The van der Waals surface area contributed by atoms with Gasteiger partial charge in [-0.25, -0.2) is 0 Å². The van der Waals surface area contributed by atoms with E-state index in [2.05, 4.69) is 0 Å². The summed E-state index contributed by atoms with van der Waals surface area (Å²) in [6, 6.07) is 5.82. The maximum atomic E-state index is 11.6. The Hall–Kier alpha value is -1.97. The first-order valence-corrected chi connectivity index (χ1v) is 6.87. The third kappa shape index (κ3) is 4.02. The number of allylic oxidation sites excluding steroid dienone is 1. The van der Waals surface area contributed by atoms with Crippen molar-refractivity contribution in [2.75, 3.05) is 6.61 Å². The van der Waals surface area contributed by atoms with Crippen LogP contribution in [0.1, 0.15) is 31.9 Å². The molecule has 1 aromatic rings. The van der Waals surface area contributed by atoms with Crippen LogP contribution in [0, 0.1) is 12.8 Å². The molecule has 0 aliphatic heterocycles. The van der Waals surface area contributed by atoms with Gasteiger partial charge in [0.25, 0.3) is 0 Å². The van der Waals surface area contributed by atoms with Gasteiger partial charge < -0.3 is 16.2 Å². The first-order chi connectivity index (χ1) is 9.36. The third-order valence-corrected chi connectivity index (χ3v) is 3.26. The van der Waals surface area contributed by atoms with E-state index in [0.29, 0.717) is 24.3 Å². The fourth-order valence-corrected chi connectivity index (χ4v) is 1.99. The van der Waals surface area contributed by atoms with E-state index in [-0.39, 0.29) is 5.92 Å². The van der Waals surface area contributed by atoms with Crippen molar-refractivity contribution in [1.82, 2.24) is 0 Å². The predicted octanol–water partition coefficient (Wildman–Crippen LogP) is 2.29. The van der Waals surface area contributed by atoms with E-state index in [1.165, 1.54) is 0 Å². The Morgan fingerprint density at radius 2 is 1.95 bits per heavy atom. The van der Waals surface area contributed by atoms with Crippen molar-refractivity contribution >= 4 is 5.91 Å². The highest BCUT2D eigenvalue weighted by molar-refractivity contribution is 5.93. The molecule has 0 spiro atoms. The van der Waals surface area contributed by atoms with Crippen LogP contribution in [-0.4, -0.2) is 12.5 Å². The summed E-state index contributed by atoms with van der Waals surface area (Å²) in [6.45, 7) is 8.46. The minimum Gasteiger partial charge on any atom is -0.494 e. The van der Waals surface area contributed by atoms with Crippen LogP contribution in [0.25, 0.3) is 0 Å². The van der Waals surface area contributed by atoms with Gasteiger partial charge in [-0.05, 0) is 43.0 Å². The highest BCUT2D eigenvalue weighted by Gasteiger charge is 2.15. The summed E-state index contributed by atoms with van der Waals surface area (Å²) >= 11 is 0. The van der Waals surface area contributed by atoms with Gasteiger partial charge in [-0.3, -0.25) is 4.79 Å². The zero-order valence-corrected chi connectivity index (χ0v) is 12.7. The van der Waals surface area contributed by atoms with Crippen molar-refractivity contribution in [2.24, 2.45) is 17.4 Å². The summed E-state index contributed by atoms with van der Waals surface area (Å²) in [6.07, 6.45) is 0.456. The third-order valence-electron chi connectivity index (χ3n) is 3.26. The fourth-order valence-electron chi connectivity index (χ4n) is 1.99. The zero-order chi connectivity index (χ0) is 15.3. The van der Waals surface area contributed by atoms with Crippen LogP contribution in [-0.2, 0) is 11.2 Å². The first-order valence-electron chi connectivity index (χ1n) is 6.87. The number of amides is 1. The molecule has 0 heterocycles. The van der Waals surface area contributed by atoms with Crippen LogP contribution < -0.4 is 16.2 Å². The molecule has 20 heavy (non-hydrogen) atoms. The lowest BCUT2D eigenvalue weighted by Crippen LogP contribution is -2.23. The number of rotatable bonds is 6. The van der Waals surface area contributed by atoms with E-state index < -0.39 is 5.91 Å². The van der Waals surface area contributed by atoms with Gasteiger partial charge in [0.2, 0.25) is 5.91 Å². The van der Waals surface area contributed by atoms with Crippen molar-refractivity contribution in [1.29, 1.82) is 0 Å². The molecule has 0 atom stereocenters. The maximum Gasteiger partial charge on any atom is 0.246 e. The minimum absolute atomic E-state index is 0.0977. The molecule has 0 aliphatic carbocycles. The lowest BCUT2D eigenvalue weighted by atomic mass is 9.95. The van der Waals surface area contributed by atoms with Crippen molar-refractivity contribution < 1.29 is 9.53 Å². The number of nitrogens with two attached hydrogens (primary N) is 2. The van der Waals surface area contributed by atoms with Gasteiger partial charge in [-0.2, -0.15) is 0 Å². The second-order valence-corrected chi connectivity index (χ2v) is 5.15. The smallest absolute Gasteiger partial charge is 0.246 e. The van der Waals surface area contributed by atoms with Crippen LogP contribution in [0.2, 0.25) is 0 Å². The molecule has 4 N–H and O–H groups in total. The van der Waals surface area contributed by atoms with E-state index in [0.717, 1.165) is 16.9 Å². The number of ether oxygens (including phenoxy) is 1. The maximum absolute atomic E-state index is 11.6. The Morgan fingerprint density at radius 3 is 2.40 bits per heavy atom. The summed E-state index contributed by atoms with van der Waals surface area (Å²) in [5.41, 5.74) is 14.6. The van der Waals surface area contributed by atoms with Crippen LogP contribution in [0.5, 0.6) is 5.75 Å². The van der Waals surface area contributed by atoms with Gasteiger partial charge in [0, 0.05) is 17.7 Å². The van der Waals surface area contributed by atoms with Gasteiger partial charge in [0.15, 0.2) is 0 Å². The molecule has 0 saturated carbocycles. The molecule has 1 amide bonds. The summed E-state index contributed by atoms with van der Waals surface area (Å²) < 4.78 is 5.45. The van der Waals surface area contributed by atoms with Gasteiger partial charge >= 0.3 is 0 Å². The van der Waals surface area contributed by atoms with Crippen LogP contribution >= 0.6 is 0 Å². The van der Waals surface area contributed by atoms with Gasteiger partial charge in [0.1, 0.15) is 5.75 Å². The molecular formula is C16H24N2O2. The molecular weight excluding hydrogens is 252 g/mol. The summed E-state index contributed by atoms with van der Waals surface area (Å²) in [7, 11) is 0. The van der Waals surface area contributed by atoms with Crippen LogP contribution in [0.3, 0.4) is 0 Å². The molecule has 0 unspecified atom stereocenters. The number of hydrogen-bond donors (Lipinski definition) is 2. The van der Waals surface area contributed by atoms with Gasteiger partial charge in [-0.1, -0.05) is 19.9 Å². The van der Waals surface area contributed by atoms with Crippen LogP contribution in [0.4, 0.5) is 0 Å². The minimum atomic E-state index is -0.454. The lowest BCUT2D eigenvalue weighted by molar-refractivity contribution is -0.114. The van der Waals surface area contributed by atoms with Crippen molar-refractivity contribution in [2.45, 2.75) is 34.1 Å². The molecule has 4 nitrogen and oxygen atoms in total. The molecule has 0 bridgehead atoms. The van der Waals surface area contributed by atoms with E-state index in [1.54, 1.807) is 0 Å². The molecule has 0 saturated heterocycles. The van der Waals surface area contributed by atoms with Gasteiger partial charge in [-0.15, -0.1) is 0 Å². The molecule has 1 rings (SSSR count). The van der Waals surface area contributed by atoms with E-state index in [4.69, 9.17) is 16.2 Å². The fraction of sp³-hybridized carbons (Fsp3) is 0.438. The second kappa shape index (κ2) is 6.98. The number of carbonyl (C=O) groups is 1. The van der Waals surface area contributed by atoms with Crippen molar-refractivity contribution in [3.8, 4) is 5.75 Å². The quantitative estimate of drug-likeness (QED) is 0.782. The lowest BCUT2D eigenvalue weighted by Gasteiger charge is -2.14. The van der Waals surface area contributed by atoms with Crippen LogP contribution in [0.15, 0.2) is 29.5 Å². The second-order valence-electron chi connectivity index (χ2n) is 5.15. The molecule has 4 heteroatoms. The molecule has 0 aromatic heterocycles. The Morgan fingerprint density at radius 1 is 1.30 bits per heavy atom. The predicted molar refractivity (Wildman–Crippen MR) is 81.3 cm³/mol. The standard InChI is InChI=1S/C16H24N2O2/c1-5-20-13-7-6-12(11(4)8-13)9-14(16(18)19)15(17)10(2)3/h6-8,10H,5,9,17H2,1-4H3,(H2,18,19)/b15-14-. The highest BCUT2D eigenvalue weighted by Crippen LogP contribution is 2.21. The molecule has 0 aliphatic rings. The van der Waals surface area contributed by atoms with Gasteiger partial charge in [0.05, 0.1) is 6.61 Å². The van der Waals surface area contributed by atoms with Crippen molar-refractivity contribution in [3.05, 3.63) is 40.6 Å². The number of primary amides is 1. The monoisotopic (exact) mass is 276 g/mol. The van der Waals surface area contributed by atoms with E-state index in [1.807, 2.05) is 45.9 Å². The molecule has 1 aromatic carbocycles. The largest absolute Gasteiger partial charge is 0.494 e. The molecule has 110 valence electrons. The zero-order valence-electron chi connectivity index (χ0n) is 12.7. The summed E-state index contributed by atoms with van der Waals surface area (Å²) in [4.78, 5) is 11.6. The SMILES string of the molecule is CCOc1ccc(C/C(C(N)=O)=C(/N)C(C)C)c(C)c1.